The van der Waals surface area contributed by atoms with Crippen molar-refractivity contribution in [1.29, 1.82) is 0 Å². The van der Waals surface area contributed by atoms with Crippen LogP contribution in [0.5, 0.6) is 0 Å². The second-order valence-electron chi connectivity index (χ2n) is 3.18. The molecule has 2 aliphatic rings. The van der Waals surface area contributed by atoms with E-state index in [-0.39, 0.29) is 0 Å². The van der Waals surface area contributed by atoms with E-state index in [0.29, 0.717) is 11.8 Å². The van der Waals surface area contributed by atoms with Crippen LogP contribution < -0.4 is 5.73 Å². The third-order valence-corrected chi connectivity index (χ3v) is 3.49. The van der Waals surface area contributed by atoms with Gasteiger partial charge in [0.25, 0.3) is 0 Å². The first-order valence-electron chi connectivity index (χ1n) is 4.65. The molecule has 0 radical (unpaired) electrons. The van der Waals surface area contributed by atoms with E-state index >= 15 is 0 Å². The Balaban J connectivity index is 2.17. The summed E-state index contributed by atoms with van der Waals surface area (Å²) < 4.78 is 0. The Bertz CT molecular complexity index is 279. The van der Waals surface area contributed by atoms with Crippen molar-refractivity contribution in [1.82, 2.24) is 0 Å². The predicted molar refractivity (Wildman–Crippen MR) is 59.4 cm³/mol. The van der Waals surface area contributed by atoms with Gasteiger partial charge in [0.2, 0.25) is 0 Å². The average molecular weight is 194 g/mol. The van der Waals surface area contributed by atoms with Crippen molar-refractivity contribution in [2.45, 2.75) is 11.7 Å². The van der Waals surface area contributed by atoms with Gasteiger partial charge in [-0.05, 0) is 18.1 Å². The highest BCUT2D eigenvalue weighted by molar-refractivity contribution is 8.00. The van der Waals surface area contributed by atoms with Gasteiger partial charge in [0, 0.05) is 17.5 Å². The minimum Gasteiger partial charge on any atom is -0.329 e. The van der Waals surface area contributed by atoms with E-state index in [1.807, 2.05) is 11.8 Å². The van der Waals surface area contributed by atoms with Crippen LogP contribution in [0.2, 0.25) is 0 Å². The number of aliphatic imine (C=N–C) groups is 1. The van der Waals surface area contributed by atoms with Crippen molar-refractivity contribution in [2.24, 2.45) is 10.7 Å². The van der Waals surface area contributed by atoms with Crippen LogP contribution >= 0.6 is 11.8 Å². The Morgan fingerprint density at radius 1 is 1.62 bits per heavy atom. The van der Waals surface area contributed by atoms with E-state index < -0.39 is 0 Å². The van der Waals surface area contributed by atoms with Crippen LogP contribution in [0.3, 0.4) is 0 Å². The summed E-state index contributed by atoms with van der Waals surface area (Å²) in [4.78, 5) is 4.47. The molecule has 1 aliphatic carbocycles. The summed E-state index contributed by atoms with van der Waals surface area (Å²) >= 11 is 2.01. The topological polar surface area (TPSA) is 38.4 Å². The molecule has 1 unspecified atom stereocenters. The fourth-order valence-electron chi connectivity index (χ4n) is 1.67. The van der Waals surface area contributed by atoms with Crippen LogP contribution in [0.4, 0.5) is 0 Å². The van der Waals surface area contributed by atoms with Gasteiger partial charge in [0.05, 0.1) is 12.3 Å². The van der Waals surface area contributed by atoms with Gasteiger partial charge < -0.3 is 5.73 Å². The van der Waals surface area contributed by atoms with Crippen LogP contribution in [-0.4, -0.2) is 29.8 Å². The lowest BCUT2D eigenvalue weighted by molar-refractivity contribution is 0.965. The van der Waals surface area contributed by atoms with Crippen LogP contribution in [-0.2, 0) is 0 Å². The van der Waals surface area contributed by atoms with Crippen LogP contribution in [0.15, 0.2) is 28.8 Å². The summed E-state index contributed by atoms with van der Waals surface area (Å²) in [6, 6.07) is 0. The molecule has 3 heteroatoms. The lowest BCUT2D eigenvalue weighted by Crippen LogP contribution is -2.16. The molecule has 0 amide bonds. The minimum absolute atomic E-state index is 0.641. The minimum atomic E-state index is 0.641. The maximum absolute atomic E-state index is 5.43. The summed E-state index contributed by atoms with van der Waals surface area (Å²) in [6.45, 7) is 1.39. The van der Waals surface area contributed by atoms with Crippen molar-refractivity contribution in [2.75, 3.05) is 18.8 Å². The first kappa shape index (κ1) is 9.03. The first-order chi connectivity index (χ1) is 6.42. The summed E-state index contributed by atoms with van der Waals surface area (Å²) in [5.74, 6) is 1.14. The monoisotopic (exact) mass is 194 g/mol. The Labute approximate surface area is 83.0 Å². The molecule has 0 bridgehead atoms. The molecule has 1 aliphatic heterocycles. The van der Waals surface area contributed by atoms with Gasteiger partial charge >= 0.3 is 0 Å². The molecule has 70 valence electrons. The summed E-state index contributed by atoms with van der Waals surface area (Å²) in [5.41, 5.74) is 8.02. The highest BCUT2D eigenvalue weighted by Crippen LogP contribution is 2.33. The van der Waals surface area contributed by atoms with E-state index in [4.69, 9.17) is 5.73 Å². The maximum Gasteiger partial charge on any atom is 0.0612 e. The lowest BCUT2D eigenvalue weighted by atomic mass is 9.98. The van der Waals surface area contributed by atoms with E-state index in [9.17, 15) is 0 Å². The van der Waals surface area contributed by atoms with Crippen molar-refractivity contribution in [3.05, 3.63) is 23.8 Å². The number of hydrogen-bond acceptors (Lipinski definition) is 3. The number of rotatable bonds is 2. The molecule has 0 fully saturated rings. The molecule has 2 nitrogen and oxygen atoms in total. The number of nitrogens with zero attached hydrogens (tertiary/aromatic N) is 1. The fraction of sp³-hybridized carbons (Fsp3) is 0.500. The number of allylic oxidation sites excluding steroid dienone is 2. The molecule has 13 heavy (non-hydrogen) atoms. The van der Waals surface area contributed by atoms with E-state index in [1.54, 1.807) is 0 Å². The molecule has 0 saturated heterocycles. The largest absolute Gasteiger partial charge is 0.329 e. The molecule has 0 aromatic carbocycles. The van der Waals surface area contributed by atoms with Gasteiger partial charge in [-0.2, -0.15) is 0 Å². The Morgan fingerprint density at radius 3 is 3.38 bits per heavy atom. The normalized spacial score (nSPS) is 29.2. The lowest BCUT2D eigenvalue weighted by Gasteiger charge is -2.16. The van der Waals surface area contributed by atoms with Gasteiger partial charge in [-0.15, -0.1) is 11.8 Å². The standard InChI is InChI=1S/C10H14N2S/c11-5-6-12-9-2-1-3-10-8(9)4-7-13-10/h1-2,4,10H,3,5-7,11H2. The maximum atomic E-state index is 5.43. The van der Waals surface area contributed by atoms with Gasteiger partial charge in [0.15, 0.2) is 0 Å². The Hall–Kier alpha value is -0.540. The fourth-order valence-corrected chi connectivity index (χ4v) is 2.82. The second-order valence-corrected chi connectivity index (χ2v) is 4.41. The highest BCUT2D eigenvalue weighted by Gasteiger charge is 2.24. The molecule has 0 spiro atoms. The molecular weight excluding hydrogens is 180 g/mol. The number of thioether (sulfide) groups is 1. The highest BCUT2D eigenvalue weighted by atomic mass is 32.2. The third kappa shape index (κ3) is 1.86. The molecule has 0 aromatic heterocycles. The second kappa shape index (κ2) is 4.11. The van der Waals surface area contributed by atoms with Crippen molar-refractivity contribution in [3.63, 3.8) is 0 Å². The Kier molecular flexibility index (Phi) is 2.86. The third-order valence-electron chi connectivity index (χ3n) is 2.28. The van der Waals surface area contributed by atoms with E-state index in [1.165, 1.54) is 5.57 Å². The Morgan fingerprint density at radius 2 is 2.54 bits per heavy atom. The zero-order valence-electron chi connectivity index (χ0n) is 7.57. The van der Waals surface area contributed by atoms with Gasteiger partial charge in [0.1, 0.15) is 0 Å². The van der Waals surface area contributed by atoms with Crippen LogP contribution in [0.25, 0.3) is 0 Å². The van der Waals surface area contributed by atoms with Gasteiger partial charge in [-0.3, -0.25) is 4.99 Å². The van der Waals surface area contributed by atoms with Crippen molar-refractivity contribution in [3.8, 4) is 0 Å². The first-order valence-corrected chi connectivity index (χ1v) is 5.70. The quantitative estimate of drug-likeness (QED) is 0.721. The molecule has 2 N–H and O–H groups in total. The summed E-state index contributed by atoms with van der Waals surface area (Å²) in [7, 11) is 0. The molecule has 1 atom stereocenters. The molecular formula is C10H14N2S. The van der Waals surface area contributed by atoms with Gasteiger partial charge in [-0.1, -0.05) is 12.2 Å². The zero-order valence-corrected chi connectivity index (χ0v) is 8.39. The van der Waals surface area contributed by atoms with E-state index in [0.717, 1.165) is 24.4 Å². The number of fused-ring (bicyclic) bond motifs is 1. The van der Waals surface area contributed by atoms with Crippen molar-refractivity contribution >= 4 is 17.5 Å². The molecule has 0 saturated carbocycles. The van der Waals surface area contributed by atoms with Crippen LogP contribution in [0.1, 0.15) is 6.42 Å². The van der Waals surface area contributed by atoms with Crippen LogP contribution in [0, 0.1) is 0 Å². The molecule has 2 rings (SSSR count). The summed E-state index contributed by atoms with van der Waals surface area (Å²) in [6.07, 6.45) is 7.81. The zero-order chi connectivity index (χ0) is 9.10. The summed E-state index contributed by atoms with van der Waals surface area (Å²) in [5, 5.41) is 0.668. The average Bonchev–Trinajstić information content (AvgIpc) is 2.62. The number of hydrogen-bond donors (Lipinski definition) is 1. The molecule has 0 aromatic rings. The SMILES string of the molecule is NCCN=C1C=CCC2SCC=C12. The van der Waals surface area contributed by atoms with Gasteiger partial charge in [-0.25, -0.2) is 0 Å². The van der Waals surface area contributed by atoms with E-state index in [2.05, 4.69) is 23.2 Å². The smallest absolute Gasteiger partial charge is 0.0612 e. The molecule has 1 heterocycles. The van der Waals surface area contributed by atoms with Crippen molar-refractivity contribution < 1.29 is 0 Å². The number of nitrogens with two attached hydrogens (primary N) is 1. The predicted octanol–water partition coefficient (Wildman–Crippen LogP) is 1.39.